The number of anilines is 1. The average Bonchev–Trinajstić information content (AvgIpc) is 2.69. The van der Waals surface area contributed by atoms with Crippen molar-refractivity contribution in [1.82, 2.24) is 20.1 Å². The number of halogens is 2. The maximum absolute atomic E-state index is 12.6. The molecular weight excluding hydrogens is 465 g/mol. The smallest absolute Gasteiger partial charge is 0.410 e. The SMILES string of the molecule is CC(C)(C)OC(=O)N1CCc2nccc(OC3CC4(C3)CN(c3cc(Cl)nnc3Cl)C4)c2C1. The molecule has 1 aliphatic carbocycles. The van der Waals surface area contributed by atoms with Crippen LogP contribution in [0.4, 0.5) is 10.5 Å². The molecule has 1 amide bonds. The lowest BCUT2D eigenvalue weighted by molar-refractivity contribution is -0.0349. The third kappa shape index (κ3) is 4.55. The number of hydrogen-bond donors (Lipinski definition) is 0. The second-order valence-electron chi connectivity index (χ2n) is 10.2. The Morgan fingerprint density at radius 3 is 2.70 bits per heavy atom. The van der Waals surface area contributed by atoms with Crippen LogP contribution in [0.25, 0.3) is 0 Å². The van der Waals surface area contributed by atoms with E-state index in [2.05, 4.69) is 20.1 Å². The summed E-state index contributed by atoms with van der Waals surface area (Å²) in [5, 5.41) is 8.39. The van der Waals surface area contributed by atoms with Gasteiger partial charge in [-0.2, -0.15) is 0 Å². The Kier molecular flexibility index (Phi) is 5.56. The van der Waals surface area contributed by atoms with Gasteiger partial charge in [-0.25, -0.2) is 4.79 Å². The van der Waals surface area contributed by atoms with Gasteiger partial charge in [0.2, 0.25) is 0 Å². The molecule has 2 fully saturated rings. The van der Waals surface area contributed by atoms with E-state index in [-0.39, 0.29) is 17.6 Å². The molecular formula is C23H27Cl2N5O3. The molecule has 2 aromatic rings. The van der Waals surface area contributed by atoms with Gasteiger partial charge in [0.15, 0.2) is 10.3 Å². The van der Waals surface area contributed by atoms with Gasteiger partial charge in [-0.15, -0.1) is 10.2 Å². The lowest BCUT2D eigenvalue weighted by Crippen LogP contribution is -2.65. The molecule has 1 saturated carbocycles. The highest BCUT2D eigenvalue weighted by Crippen LogP contribution is 2.52. The predicted octanol–water partition coefficient (Wildman–Crippen LogP) is 4.52. The number of amides is 1. The lowest BCUT2D eigenvalue weighted by Gasteiger charge is -2.59. The lowest BCUT2D eigenvalue weighted by atomic mass is 9.61. The number of fused-ring (bicyclic) bond motifs is 1. The second-order valence-corrected chi connectivity index (χ2v) is 11.0. The van der Waals surface area contributed by atoms with Gasteiger partial charge in [-0.3, -0.25) is 4.98 Å². The van der Waals surface area contributed by atoms with Crippen LogP contribution in [0, 0.1) is 5.41 Å². The molecule has 4 heterocycles. The molecule has 0 radical (unpaired) electrons. The zero-order valence-corrected chi connectivity index (χ0v) is 20.5. The van der Waals surface area contributed by atoms with Crippen molar-refractivity contribution in [2.75, 3.05) is 24.5 Å². The van der Waals surface area contributed by atoms with Crippen molar-refractivity contribution >= 4 is 35.0 Å². The van der Waals surface area contributed by atoms with E-state index in [1.54, 1.807) is 17.2 Å². The quantitative estimate of drug-likeness (QED) is 0.623. The molecule has 0 N–H and O–H groups in total. The molecule has 0 unspecified atom stereocenters. The van der Waals surface area contributed by atoms with Crippen LogP contribution >= 0.6 is 23.2 Å². The molecule has 1 saturated heterocycles. The van der Waals surface area contributed by atoms with Crippen LogP contribution < -0.4 is 9.64 Å². The van der Waals surface area contributed by atoms with Crippen molar-refractivity contribution in [3.8, 4) is 5.75 Å². The molecule has 176 valence electrons. The van der Waals surface area contributed by atoms with Crippen LogP contribution in [0.3, 0.4) is 0 Å². The normalized spacial score (nSPS) is 19.5. The number of nitrogens with zero attached hydrogens (tertiary/aromatic N) is 5. The van der Waals surface area contributed by atoms with Crippen molar-refractivity contribution in [1.29, 1.82) is 0 Å². The minimum atomic E-state index is -0.523. The Labute approximate surface area is 203 Å². The van der Waals surface area contributed by atoms with Gasteiger partial charge in [-0.1, -0.05) is 23.2 Å². The number of pyridine rings is 1. The van der Waals surface area contributed by atoms with Gasteiger partial charge in [-0.05, 0) is 39.7 Å². The molecule has 2 aromatic heterocycles. The summed E-state index contributed by atoms with van der Waals surface area (Å²) in [6.07, 6.45) is 4.27. The van der Waals surface area contributed by atoms with Gasteiger partial charge >= 0.3 is 6.09 Å². The van der Waals surface area contributed by atoms with Crippen LogP contribution in [-0.2, 0) is 17.7 Å². The third-order valence-electron chi connectivity index (χ3n) is 6.43. The number of carbonyl (C=O) groups is 1. The molecule has 0 bridgehead atoms. The molecule has 2 aliphatic heterocycles. The van der Waals surface area contributed by atoms with Crippen molar-refractivity contribution < 1.29 is 14.3 Å². The summed E-state index contributed by atoms with van der Waals surface area (Å²) in [5.41, 5.74) is 2.52. The van der Waals surface area contributed by atoms with Crippen LogP contribution in [0.1, 0.15) is 44.9 Å². The molecule has 0 atom stereocenters. The van der Waals surface area contributed by atoms with E-state index in [0.717, 1.165) is 48.6 Å². The van der Waals surface area contributed by atoms with E-state index in [1.165, 1.54) is 0 Å². The number of ether oxygens (including phenoxy) is 2. The minimum absolute atomic E-state index is 0.144. The third-order valence-corrected chi connectivity index (χ3v) is 6.88. The summed E-state index contributed by atoms with van der Waals surface area (Å²) in [5.74, 6) is 0.817. The fraction of sp³-hybridized carbons (Fsp3) is 0.565. The largest absolute Gasteiger partial charge is 0.490 e. The maximum Gasteiger partial charge on any atom is 0.410 e. The molecule has 5 rings (SSSR count). The Bertz CT molecular complexity index is 1080. The fourth-order valence-electron chi connectivity index (χ4n) is 4.93. The van der Waals surface area contributed by atoms with E-state index < -0.39 is 5.60 Å². The fourth-order valence-corrected chi connectivity index (χ4v) is 5.28. The molecule has 0 aromatic carbocycles. The van der Waals surface area contributed by atoms with Gasteiger partial charge in [0, 0.05) is 49.3 Å². The summed E-state index contributed by atoms with van der Waals surface area (Å²) in [6, 6.07) is 3.66. The summed E-state index contributed by atoms with van der Waals surface area (Å²) in [4.78, 5) is 21.0. The topological polar surface area (TPSA) is 80.7 Å². The van der Waals surface area contributed by atoms with Gasteiger partial charge in [0.25, 0.3) is 0 Å². The number of hydrogen-bond acceptors (Lipinski definition) is 7. The van der Waals surface area contributed by atoms with E-state index in [4.69, 9.17) is 32.7 Å². The summed E-state index contributed by atoms with van der Waals surface area (Å²) >= 11 is 12.2. The Hall–Kier alpha value is -2.32. The number of aromatic nitrogens is 3. The van der Waals surface area contributed by atoms with E-state index in [1.807, 2.05) is 26.8 Å². The molecule has 1 spiro atoms. The summed E-state index contributed by atoms with van der Waals surface area (Å²) in [7, 11) is 0. The second kappa shape index (κ2) is 8.17. The van der Waals surface area contributed by atoms with E-state index in [0.29, 0.717) is 29.8 Å². The first kappa shape index (κ1) is 22.5. The zero-order valence-electron chi connectivity index (χ0n) is 19.0. The molecule has 3 aliphatic rings. The molecule has 10 heteroatoms. The number of carbonyl (C=O) groups excluding carboxylic acids is 1. The van der Waals surface area contributed by atoms with Gasteiger partial charge in [0.1, 0.15) is 17.5 Å². The predicted molar refractivity (Wildman–Crippen MR) is 125 cm³/mol. The van der Waals surface area contributed by atoms with Crippen molar-refractivity contribution in [3.05, 3.63) is 39.9 Å². The van der Waals surface area contributed by atoms with Gasteiger partial charge < -0.3 is 19.3 Å². The average molecular weight is 492 g/mol. The van der Waals surface area contributed by atoms with Crippen molar-refractivity contribution in [2.45, 2.75) is 58.3 Å². The van der Waals surface area contributed by atoms with Crippen molar-refractivity contribution in [2.24, 2.45) is 5.41 Å². The molecule has 33 heavy (non-hydrogen) atoms. The van der Waals surface area contributed by atoms with E-state index in [9.17, 15) is 4.79 Å². The van der Waals surface area contributed by atoms with Crippen LogP contribution in [0.15, 0.2) is 18.3 Å². The minimum Gasteiger partial charge on any atom is -0.490 e. The first-order valence-electron chi connectivity index (χ1n) is 11.2. The van der Waals surface area contributed by atoms with Crippen LogP contribution in [0.2, 0.25) is 10.3 Å². The highest BCUT2D eigenvalue weighted by atomic mass is 35.5. The van der Waals surface area contributed by atoms with Gasteiger partial charge in [0.05, 0.1) is 17.9 Å². The molecule has 8 nitrogen and oxygen atoms in total. The Balaban J connectivity index is 1.20. The first-order valence-corrected chi connectivity index (χ1v) is 11.9. The standard InChI is InChI=1S/C23H27Cl2N5O3/c1-22(2,3)33-21(31)29-7-5-16-15(11-29)18(4-6-26-16)32-14-9-23(10-14)12-30(13-23)17-8-19(24)27-28-20(17)25/h4,6,8,14H,5,7,9-13H2,1-3H3. The first-order chi connectivity index (χ1) is 15.6. The van der Waals surface area contributed by atoms with E-state index >= 15 is 0 Å². The van der Waals surface area contributed by atoms with Crippen molar-refractivity contribution in [3.63, 3.8) is 0 Å². The zero-order chi connectivity index (χ0) is 23.4. The summed E-state index contributed by atoms with van der Waals surface area (Å²) in [6.45, 7) is 8.47. The number of rotatable bonds is 3. The van der Waals surface area contributed by atoms with Crippen LogP contribution in [-0.4, -0.2) is 57.5 Å². The monoisotopic (exact) mass is 491 g/mol. The Morgan fingerprint density at radius 1 is 1.21 bits per heavy atom. The Morgan fingerprint density at radius 2 is 1.97 bits per heavy atom. The highest BCUT2D eigenvalue weighted by molar-refractivity contribution is 6.33. The summed E-state index contributed by atoms with van der Waals surface area (Å²) < 4.78 is 11.9. The highest BCUT2D eigenvalue weighted by Gasteiger charge is 2.54. The maximum atomic E-state index is 12.6. The van der Waals surface area contributed by atoms with Crippen LogP contribution in [0.5, 0.6) is 5.75 Å².